The Morgan fingerprint density at radius 2 is 2.22 bits per heavy atom. The zero-order chi connectivity index (χ0) is 16.1. The van der Waals surface area contributed by atoms with Crippen LogP contribution < -0.4 is 5.32 Å². The summed E-state index contributed by atoms with van der Waals surface area (Å²) in [5.74, 6) is 0.226. The average Bonchev–Trinajstić information content (AvgIpc) is 3.24. The van der Waals surface area contributed by atoms with Gasteiger partial charge in [-0.25, -0.2) is 4.98 Å². The molecule has 0 aliphatic rings. The normalized spacial score (nSPS) is 12.4. The van der Waals surface area contributed by atoms with Crippen molar-refractivity contribution < 1.29 is 9.90 Å². The molecule has 1 aromatic carbocycles. The van der Waals surface area contributed by atoms with Crippen LogP contribution in [0.15, 0.2) is 40.5 Å². The molecule has 0 bridgehead atoms. The van der Waals surface area contributed by atoms with Gasteiger partial charge in [0.1, 0.15) is 0 Å². The maximum Gasteiger partial charge on any atom is 0.251 e. The van der Waals surface area contributed by atoms with E-state index in [4.69, 9.17) is 0 Å². The zero-order valence-electron chi connectivity index (χ0n) is 12.6. The number of aliphatic hydroxyl groups excluding tert-OH is 1. The van der Waals surface area contributed by atoms with Crippen LogP contribution in [0.1, 0.15) is 34.7 Å². The highest BCUT2D eigenvalue weighted by atomic mass is 32.1. The van der Waals surface area contributed by atoms with Crippen molar-refractivity contribution in [2.45, 2.75) is 18.8 Å². The van der Waals surface area contributed by atoms with Gasteiger partial charge in [-0.2, -0.15) is 11.3 Å². The van der Waals surface area contributed by atoms with Crippen LogP contribution in [0.25, 0.3) is 10.2 Å². The molecule has 0 spiro atoms. The lowest BCUT2D eigenvalue weighted by atomic mass is 9.95. The lowest BCUT2D eigenvalue weighted by Crippen LogP contribution is -2.25. The lowest BCUT2D eigenvalue weighted by molar-refractivity contribution is 0.0952. The Bertz CT molecular complexity index is 768. The smallest absolute Gasteiger partial charge is 0.251 e. The fourth-order valence-electron chi connectivity index (χ4n) is 2.60. The molecule has 0 saturated carbocycles. The zero-order valence-corrected chi connectivity index (χ0v) is 14.2. The largest absolute Gasteiger partial charge is 0.396 e. The molecular weight excluding hydrogens is 328 g/mol. The van der Waals surface area contributed by atoms with E-state index in [-0.39, 0.29) is 18.4 Å². The van der Waals surface area contributed by atoms with Gasteiger partial charge in [-0.05, 0) is 59.3 Å². The Labute approximate surface area is 142 Å². The number of rotatable bonds is 7. The second-order valence-corrected chi connectivity index (χ2v) is 7.01. The second kappa shape index (κ2) is 7.68. The first-order chi connectivity index (χ1) is 11.3. The minimum absolute atomic E-state index is 0.0617. The number of benzene rings is 1. The summed E-state index contributed by atoms with van der Waals surface area (Å²) in [6.45, 7) is 0.760. The third-order valence-electron chi connectivity index (χ3n) is 3.86. The molecule has 6 heteroatoms. The molecule has 1 amide bonds. The van der Waals surface area contributed by atoms with Crippen molar-refractivity contribution in [3.8, 4) is 0 Å². The van der Waals surface area contributed by atoms with Crippen molar-refractivity contribution in [1.82, 2.24) is 10.3 Å². The first kappa shape index (κ1) is 16.1. The molecule has 0 radical (unpaired) electrons. The van der Waals surface area contributed by atoms with Crippen molar-refractivity contribution >= 4 is 38.8 Å². The van der Waals surface area contributed by atoms with Crippen LogP contribution >= 0.6 is 22.7 Å². The van der Waals surface area contributed by atoms with E-state index in [0.717, 1.165) is 23.1 Å². The molecule has 3 rings (SSSR count). The summed E-state index contributed by atoms with van der Waals surface area (Å²) in [6, 6.07) is 7.65. The summed E-state index contributed by atoms with van der Waals surface area (Å²) in [6.07, 6.45) is 1.55. The highest BCUT2D eigenvalue weighted by Crippen LogP contribution is 2.25. The number of aliphatic hydroxyl groups is 1. The van der Waals surface area contributed by atoms with Gasteiger partial charge < -0.3 is 10.4 Å². The van der Waals surface area contributed by atoms with E-state index < -0.39 is 0 Å². The molecule has 2 heterocycles. The predicted octanol–water partition coefficient (Wildman–Crippen LogP) is 3.64. The monoisotopic (exact) mass is 346 g/mol. The van der Waals surface area contributed by atoms with E-state index in [1.54, 1.807) is 16.8 Å². The number of carbonyl (C=O) groups is 1. The van der Waals surface area contributed by atoms with E-state index in [9.17, 15) is 9.90 Å². The minimum atomic E-state index is -0.0617. The molecule has 0 unspecified atom stereocenters. The number of aromatic nitrogens is 1. The number of hydrogen-bond donors (Lipinski definition) is 2. The number of thiophene rings is 1. The molecule has 1 atom stereocenters. The van der Waals surface area contributed by atoms with Gasteiger partial charge in [0, 0.05) is 18.7 Å². The van der Waals surface area contributed by atoms with Crippen LogP contribution in [-0.2, 0) is 0 Å². The summed E-state index contributed by atoms with van der Waals surface area (Å²) in [4.78, 5) is 16.5. The second-order valence-electron chi connectivity index (χ2n) is 5.35. The van der Waals surface area contributed by atoms with Crippen molar-refractivity contribution in [3.63, 3.8) is 0 Å². The maximum absolute atomic E-state index is 12.3. The molecule has 0 aliphatic carbocycles. The van der Waals surface area contributed by atoms with Gasteiger partial charge in [0.15, 0.2) is 0 Å². The summed E-state index contributed by atoms with van der Waals surface area (Å²) < 4.78 is 1.02. The molecule has 3 aromatic rings. The fourth-order valence-corrected chi connectivity index (χ4v) is 4.06. The van der Waals surface area contributed by atoms with E-state index >= 15 is 0 Å². The molecule has 23 heavy (non-hydrogen) atoms. The molecule has 0 aliphatic heterocycles. The van der Waals surface area contributed by atoms with Crippen molar-refractivity contribution in [1.29, 1.82) is 0 Å². The molecule has 0 fully saturated rings. The number of nitrogens with one attached hydrogen (secondary N) is 1. The summed E-state index contributed by atoms with van der Waals surface area (Å²) in [7, 11) is 0. The summed E-state index contributed by atoms with van der Waals surface area (Å²) in [5.41, 5.74) is 4.61. The Morgan fingerprint density at radius 3 is 3.00 bits per heavy atom. The molecule has 0 saturated heterocycles. The van der Waals surface area contributed by atoms with E-state index in [1.807, 2.05) is 23.6 Å². The minimum Gasteiger partial charge on any atom is -0.396 e. The van der Waals surface area contributed by atoms with Crippen LogP contribution in [0, 0.1) is 0 Å². The average molecular weight is 346 g/mol. The Kier molecular flexibility index (Phi) is 5.38. The van der Waals surface area contributed by atoms with Crippen LogP contribution in [0.4, 0.5) is 0 Å². The van der Waals surface area contributed by atoms with Crippen LogP contribution in [0.3, 0.4) is 0 Å². The van der Waals surface area contributed by atoms with Crippen LogP contribution in [0.5, 0.6) is 0 Å². The first-order valence-corrected chi connectivity index (χ1v) is 9.34. The Balaban J connectivity index is 1.57. The summed E-state index contributed by atoms with van der Waals surface area (Å²) in [5, 5.41) is 16.3. The van der Waals surface area contributed by atoms with E-state index in [0.29, 0.717) is 12.1 Å². The van der Waals surface area contributed by atoms with Crippen molar-refractivity contribution in [3.05, 3.63) is 51.7 Å². The van der Waals surface area contributed by atoms with E-state index in [1.165, 1.54) is 16.9 Å². The van der Waals surface area contributed by atoms with Crippen molar-refractivity contribution in [2.24, 2.45) is 0 Å². The molecule has 4 nitrogen and oxygen atoms in total. The highest BCUT2D eigenvalue weighted by Gasteiger charge is 2.13. The van der Waals surface area contributed by atoms with Crippen LogP contribution in [0.2, 0.25) is 0 Å². The quantitative estimate of drug-likeness (QED) is 0.686. The fraction of sp³-hybridized carbons (Fsp3) is 0.294. The number of hydrogen-bond acceptors (Lipinski definition) is 5. The molecule has 2 aromatic heterocycles. The number of fused-ring (bicyclic) bond motifs is 1. The lowest BCUT2D eigenvalue weighted by Gasteiger charge is -2.15. The first-order valence-electron chi connectivity index (χ1n) is 7.52. The number of amides is 1. The van der Waals surface area contributed by atoms with E-state index in [2.05, 4.69) is 21.7 Å². The molecular formula is C17H18N2O2S2. The maximum atomic E-state index is 12.3. The van der Waals surface area contributed by atoms with Gasteiger partial charge in [-0.15, -0.1) is 11.3 Å². The highest BCUT2D eigenvalue weighted by molar-refractivity contribution is 7.16. The van der Waals surface area contributed by atoms with Crippen LogP contribution in [-0.4, -0.2) is 29.1 Å². The molecule has 2 N–H and O–H groups in total. The van der Waals surface area contributed by atoms with Gasteiger partial charge in [-0.3, -0.25) is 4.79 Å². The molecule has 120 valence electrons. The predicted molar refractivity (Wildman–Crippen MR) is 95.3 cm³/mol. The summed E-state index contributed by atoms with van der Waals surface area (Å²) >= 11 is 3.19. The topological polar surface area (TPSA) is 62.2 Å². The van der Waals surface area contributed by atoms with Gasteiger partial charge in [-0.1, -0.05) is 0 Å². The van der Waals surface area contributed by atoms with Crippen molar-refractivity contribution in [2.75, 3.05) is 13.2 Å². The van der Waals surface area contributed by atoms with Gasteiger partial charge in [0.05, 0.1) is 15.7 Å². The van der Waals surface area contributed by atoms with Gasteiger partial charge in [0.25, 0.3) is 5.91 Å². The third kappa shape index (κ3) is 3.96. The van der Waals surface area contributed by atoms with Gasteiger partial charge in [0.2, 0.25) is 0 Å². The standard InChI is InChI=1S/C17H18N2O2S2/c20-7-4-12(14-5-8-22-10-14)3-6-18-17(21)13-1-2-15-16(9-13)23-11-19-15/h1-2,5,8-12,20H,3-4,6-7H2,(H,18,21)/t12-/m0/s1. The third-order valence-corrected chi connectivity index (χ3v) is 5.36. The Hall–Kier alpha value is -1.76. The van der Waals surface area contributed by atoms with Gasteiger partial charge >= 0.3 is 0 Å². The number of nitrogens with zero attached hydrogens (tertiary/aromatic N) is 1. The number of carbonyl (C=O) groups excluding carboxylic acids is 1. The Morgan fingerprint density at radius 1 is 1.30 bits per heavy atom. The SMILES string of the molecule is O=C(NCC[C@@H](CCO)c1ccsc1)c1ccc2ncsc2c1. The number of thiazole rings is 1.